The van der Waals surface area contributed by atoms with E-state index in [2.05, 4.69) is 9.97 Å². The third kappa shape index (κ3) is 4.48. The second kappa shape index (κ2) is 8.47. The van der Waals surface area contributed by atoms with Crippen molar-refractivity contribution in [1.82, 2.24) is 9.97 Å². The van der Waals surface area contributed by atoms with Crippen molar-refractivity contribution in [2.24, 2.45) is 0 Å². The van der Waals surface area contributed by atoms with E-state index < -0.39 is 11.9 Å². The number of hydrogen-bond acceptors (Lipinski definition) is 4. The van der Waals surface area contributed by atoms with Gasteiger partial charge in [-0.3, -0.25) is 4.79 Å². The third-order valence-electron chi connectivity index (χ3n) is 4.80. The maximum atomic E-state index is 13.3. The van der Waals surface area contributed by atoms with E-state index in [0.717, 1.165) is 41.9 Å². The Balaban J connectivity index is 1.57. The molecule has 0 saturated heterocycles. The number of aromatic nitrogens is 2. The second-order valence-corrected chi connectivity index (χ2v) is 7.79. The fourth-order valence-corrected chi connectivity index (χ4v) is 4.12. The predicted molar refractivity (Wildman–Crippen MR) is 110 cm³/mol. The van der Waals surface area contributed by atoms with Crippen LogP contribution < -0.4 is 4.90 Å². The van der Waals surface area contributed by atoms with Gasteiger partial charge in [0.2, 0.25) is 5.91 Å². The summed E-state index contributed by atoms with van der Waals surface area (Å²) in [4.78, 5) is 22.4. The molecule has 4 nitrogen and oxygen atoms in total. The number of hydrogen-bond donors (Lipinski definition) is 0. The highest BCUT2D eigenvalue weighted by atomic mass is 32.2. The van der Waals surface area contributed by atoms with E-state index in [1.54, 1.807) is 35.2 Å². The molecule has 30 heavy (non-hydrogen) atoms. The van der Waals surface area contributed by atoms with Crippen molar-refractivity contribution in [3.05, 3.63) is 71.9 Å². The van der Waals surface area contributed by atoms with E-state index in [1.807, 2.05) is 24.3 Å². The Morgan fingerprint density at radius 1 is 1.03 bits per heavy atom. The third-order valence-corrected chi connectivity index (χ3v) is 5.63. The van der Waals surface area contributed by atoms with Gasteiger partial charge in [-0.2, -0.15) is 13.2 Å². The molecular weight excluding hydrogens is 411 g/mol. The Hall–Kier alpha value is -2.87. The van der Waals surface area contributed by atoms with Crippen LogP contribution in [0, 0.1) is 0 Å². The molecule has 4 rings (SSSR count). The number of carbonyl (C=O) groups is 1. The number of para-hydroxylation sites is 1. The maximum Gasteiger partial charge on any atom is 0.433 e. The van der Waals surface area contributed by atoms with Crippen LogP contribution in [0.1, 0.15) is 17.7 Å². The zero-order chi connectivity index (χ0) is 21.1. The number of thioether (sulfide) groups is 1. The highest BCUT2D eigenvalue weighted by Crippen LogP contribution is 2.32. The topological polar surface area (TPSA) is 46.1 Å². The fourth-order valence-electron chi connectivity index (χ4n) is 3.39. The Bertz CT molecular complexity index is 1060. The Morgan fingerprint density at radius 2 is 1.77 bits per heavy atom. The molecule has 0 bridgehead atoms. The van der Waals surface area contributed by atoms with Crippen molar-refractivity contribution in [2.75, 3.05) is 17.2 Å². The highest BCUT2D eigenvalue weighted by molar-refractivity contribution is 7.99. The minimum atomic E-state index is -4.60. The van der Waals surface area contributed by atoms with Gasteiger partial charge < -0.3 is 4.90 Å². The number of benzene rings is 2. The van der Waals surface area contributed by atoms with Crippen molar-refractivity contribution in [1.29, 1.82) is 0 Å². The van der Waals surface area contributed by atoms with Crippen LogP contribution in [0.2, 0.25) is 0 Å². The average molecular weight is 429 g/mol. The van der Waals surface area contributed by atoms with Gasteiger partial charge >= 0.3 is 6.18 Å². The van der Waals surface area contributed by atoms with E-state index in [4.69, 9.17) is 0 Å². The van der Waals surface area contributed by atoms with Gasteiger partial charge in [-0.05, 0) is 30.5 Å². The summed E-state index contributed by atoms with van der Waals surface area (Å²) in [7, 11) is 0. The fraction of sp³-hybridized carbons (Fsp3) is 0.227. The monoisotopic (exact) mass is 429 g/mol. The second-order valence-electron chi connectivity index (χ2n) is 6.85. The van der Waals surface area contributed by atoms with Crippen molar-refractivity contribution in [3.63, 3.8) is 0 Å². The molecule has 0 aliphatic carbocycles. The lowest BCUT2D eigenvalue weighted by Crippen LogP contribution is -2.36. The normalized spacial score (nSPS) is 13.8. The summed E-state index contributed by atoms with van der Waals surface area (Å²) in [5.41, 5.74) is 1.68. The van der Waals surface area contributed by atoms with Gasteiger partial charge in [-0.25, -0.2) is 9.97 Å². The molecule has 0 saturated carbocycles. The predicted octanol–water partition coefficient (Wildman–Crippen LogP) is 5.23. The van der Waals surface area contributed by atoms with Crippen molar-refractivity contribution >= 4 is 23.4 Å². The van der Waals surface area contributed by atoms with Crippen LogP contribution in [0.25, 0.3) is 11.3 Å². The summed E-state index contributed by atoms with van der Waals surface area (Å²) in [6, 6.07) is 17.2. The summed E-state index contributed by atoms with van der Waals surface area (Å²) < 4.78 is 40.0. The van der Waals surface area contributed by atoms with Crippen LogP contribution in [0.5, 0.6) is 0 Å². The number of fused-ring (bicyclic) bond motifs is 1. The number of aryl methyl sites for hydroxylation is 1. The quantitative estimate of drug-likeness (QED) is 0.421. The molecule has 1 aliphatic heterocycles. The molecule has 0 fully saturated rings. The number of alkyl halides is 3. The first-order chi connectivity index (χ1) is 14.4. The molecule has 0 unspecified atom stereocenters. The summed E-state index contributed by atoms with van der Waals surface area (Å²) >= 11 is 0.923. The van der Waals surface area contributed by atoms with Gasteiger partial charge in [0.05, 0.1) is 11.4 Å². The van der Waals surface area contributed by atoms with Crippen molar-refractivity contribution in [2.45, 2.75) is 24.2 Å². The van der Waals surface area contributed by atoms with Crippen LogP contribution >= 0.6 is 11.8 Å². The lowest BCUT2D eigenvalue weighted by atomic mass is 10.0. The number of amides is 1. The van der Waals surface area contributed by atoms with Gasteiger partial charge in [-0.1, -0.05) is 60.3 Å². The van der Waals surface area contributed by atoms with Gasteiger partial charge in [0.25, 0.3) is 0 Å². The van der Waals surface area contributed by atoms with Gasteiger partial charge in [0, 0.05) is 17.8 Å². The Morgan fingerprint density at radius 3 is 2.53 bits per heavy atom. The zero-order valence-electron chi connectivity index (χ0n) is 15.9. The van der Waals surface area contributed by atoms with Crippen molar-refractivity contribution in [3.8, 4) is 11.3 Å². The molecular formula is C22H18F3N3OS. The van der Waals surface area contributed by atoms with Crippen LogP contribution in [0.4, 0.5) is 18.9 Å². The summed E-state index contributed by atoms with van der Waals surface area (Å²) in [6.07, 6.45) is -2.84. The van der Waals surface area contributed by atoms with E-state index in [9.17, 15) is 18.0 Å². The number of halogens is 3. The summed E-state index contributed by atoms with van der Waals surface area (Å²) in [5, 5.41) is -0.0673. The molecule has 0 radical (unpaired) electrons. The SMILES string of the molecule is O=C(CSc1nc(-c2ccccc2)cc(C(F)(F)F)n1)N1CCCc2ccccc21. The van der Waals surface area contributed by atoms with E-state index >= 15 is 0 Å². The molecule has 8 heteroatoms. The number of anilines is 1. The molecule has 1 amide bonds. The molecule has 2 aromatic carbocycles. The van der Waals surface area contributed by atoms with Crippen LogP contribution in [0.3, 0.4) is 0 Å². The van der Waals surface area contributed by atoms with Gasteiger partial charge in [0.1, 0.15) is 5.69 Å². The molecule has 1 aliphatic rings. The van der Waals surface area contributed by atoms with Crippen LogP contribution in [-0.4, -0.2) is 28.2 Å². The summed E-state index contributed by atoms with van der Waals surface area (Å²) in [6.45, 7) is 0.592. The van der Waals surface area contributed by atoms with E-state index in [1.165, 1.54) is 0 Å². The first-order valence-corrected chi connectivity index (χ1v) is 10.4. The smallest absolute Gasteiger partial charge is 0.311 e. The first-order valence-electron chi connectivity index (χ1n) is 9.44. The largest absolute Gasteiger partial charge is 0.433 e. The zero-order valence-corrected chi connectivity index (χ0v) is 16.7. The van der Waals surface area contributed by atoms with Crippen LogP contribution in [0.15, 0.2) is 65.8 Å². The number of rotatable bonds is 4. The first kappa shape index (κ1) is 20.4. The summed E-state index contributed by atoms with van der Waals surface area (Å²) in [5.74, 6) is -0.210. The molecule has 0 N–H and O–H groups in total. The van der Waals surface area contributed by atoms with Gasteiger partial charge in [0.15, 0.2) is 5.16 Å². The minimum Gasteiger partial charge on any atom is -0.311 e. The molecule has 0 spiro atoms. The molecule has 3 aromatic rings. The highest BCUT2D eigenvalue weighted by Gasteiger charge is 2.34. The molecule has 0 atom stereocenters. The number of carbonyl (C=O) groups excluding carboxylic acids is 1. The standard InChI is InChI=1S/C22H18F3N3OS/c23-22(24,25)19-13-17(15-7-2-1-3-8-15)26-21(27-19)30-14-20(29)28-12-6-10-16-9-4-5-11-18(16)28/h1-5,7-9,11,13H,6,10,12,14H2. The van der Waals surface area contributed by atoms with Crippen molar-refractivity contribution < 1.29 is 18.0 Å². The van der Waals surface area contributed by atoms with Gasteiger partial charge in [-0.15, -0.1) is 0 Å². The minimum absolute atomic E-state index is 0.0378. The number of nitrogens with zero attached hydrogens (tertiary/aromatic N) is 3. The lowest BCUT2D eigenvalue weighted by molar-refractivity contribution is -0.141. The Kier molecular flexibility index (Phi) is 5.76. The molecule has 2 heterocycles. The molecule has 1 aromatic heterocycles. The van der Waals surface area contributed by atoms with Crippen LogP contribution in [-0.2, 0) is 17.4 Å². The van der Waals surface area contributed by atoms with E-state index in [0.29, 0.717) is 12.1 Å². The molecule has 154 valence electrons. The van der Waals surface area contributed by atoms with E-state index in [-0.39, 0.29) is 22.5 Å². The average Bonchev–Trinajstić information content (AvgIpc) is 2.77. The maximum absolute atomic E-state index is 13.3. The lowest BCUT2D eigenvalue weighted by Gasteiger charge is -2.29. The Labute approximate surface area is 176 Å².